The Bertz CT molecular complexity index is 1140. The number of aromatic nitrogens is 4. The highest BCUT2D eigenvalue weighted by Gasteiger charge is 2.30. The molecule has 1 aliphatic heterocycles. The fourth-order valence-corrected chi connectivity index (χ4v) is 3.70. The molecular weight excluding hydrogens is 430 g/mol. The molecule has 0 radical (unpaired) electrons. The Morgan fingerprint density at radius 2 is 1.94 bits per heavy atom. The van der Waals surface area contributed by atoms with Crippen molar-refractivity contribution in [1.29, 1.82) is 0 Å². The van der Waals surface area contributed by atoms with Gasteiger partial charge in [-0.1, -0.05) is 0 Å². The summed E-state index contributed by atoms with van der Waals surface area (Å²) in [5.41, 5.74) is 1.58. The van der Waals surface area contributed by atoms with E-state index in [9.17, 15) is 22.4 Å². The predicted octanol–water partition coefficient (Wildman–Crippen LogP) is 3.29. The number of aryl methyl sites for hydroxylation is 1. The monoisotopic (exact) mass is 451 g/mol. The maximum absolute atomic E-state index is 13.4. The van der Waals surface area contributed by atoms with Crippen LogP contribution in [0.25, 0.3) is 10.9 Å². The van der Waals surface area contributed by atoms with Crippen LogP contribution < -0.4 is 0 Å². The third-order valence-electron chi connectivity index (χ3n) is 5.26. The fourth-order valence-electron chi connectivity index (χ4n) is 3.70. The average molecular weight is 451 g/mol. The Labute approximate surface area is 181 Å². The third kappa shape index (κ3) is 4.87. The third-order valence-corrected chi connectivity index (χ3v) is 5.26. The molecule has 1 aliphatic rings. The summed E-state index contributed by atoms with van der Waals surface area (Å²) in [7, 11) is 0. The molecule has 0 N–H and O–H groups in total. The van der Waals surface area contributed by atoms with Crippen molar-refractivity contribution in [3.8, 4) is 0 Å². The van der Waals surface area contributed by atoms with Gasteiger partial charge in [-0.3, -0.25) is 19.4 Å². The van der Waals surface area contributed by atoms with Gasteiger partial charge in [0.25, 0.3) is 5.91 Å². The van der Waals surface area contributed by atoms with Crippen molar-refractivity contribution >= 4 is 16.8 Å². The number of pyridine rings is 2. The topological polar surface area (TPSA) is 73.1 Å². The smallest absolute Gasteiger partial charge is 0.380 e. The van der Waals surface area contributed by atoms with E-state index in [0.29, 0.717) is 55.1 Å². The normalized spacial score (nSPS) is 15.2. The Morgan fingerprint density at radius 1 is 1.12 bits per heavy atom. The SMILES string of the molecule is Cc1cc(F)cnc1Cc1nn(CC(F)(F)F)c2cc(C(=O)N3CCCOCC3)ncc12. The number of hydrogen-bond acceptors (Lipinski definition) is 5. The molecule has 32 heavy (non-hydrogen) atoms. The lowest BCUT2D eigenvalue weighted by molar-refractivity contribution is -0.141. The van der Waals surface area contributed by atoms with Gasteiger partial charge in [-0.25, -0.2) is 4.39 Å². The van der Waals surface area contributed by atoms with E-state index in [1.54, 1.807) is 11.8 Å². The summed E-state index contributed by atoms with van der Waals surface area (Å²) in [4.78, 5) is 22.7. The summed E-state index contributed by atoms with van der Waals surface area (Å²) < 4.78 is 59.1. The standard InChI is InChI=1S/C21H21F4N5O2/c1-13-7-14(22)10-26-16(13)8-17-15-11-27-18(20(31)29-3-2-5-32-6-4-29)9-19(15)30(28-17)12-21(23,24)25/h7,9-11H,2-6,8,12H2,1H3. The van der Waals surface area contributed by atoms with E-state index in [4.69, 9.17) is 4.74 Å². The lowest BCUT2D eigenvalue weighted by atomic mass is 10.1. The molecule has 170 valence electrons. The first kappa shape index (κ1) is 22.1. The van der Waals surface area contributed by atoms with Crippen LogP contribution in [0.4, 0.5) is 17.6 Å². The predicted molar refractivity (Wildman–Crippen MR) is 107 cm³/mol. The van der Waals surface area contributed by atoms with E-state index < -0.39 is 18.5 Å². The van der Waals surface area contributed by atoms with Gasteiger partial charge in [-0.05, 0) is 31.0 Å². The van der Waals surface area contributed by atoms with Gasteiger partial charge in [0.15, 0.2) is 0 Å². The van der Waals surface area contributed by atoms with Crippen molar-refractivity contribution in [2.45, 2.75) is 32.5 Å². The minimum Gasteiger partial charge on any atom is -0.380 e. The van der Waals surface area contributed by atoms with E-state index in [1.807, 2.05) is 0 Å². The van der Waals surface area contributed by atoms with Crippen LogP contribution in [0, 0.1) is 12.7 Å². The van der Waals surface area contributed by atoms with Crippen LogP contribution in [-0.4, -0.2) is 63.0 Å². The first-order valence-electron chi connectivity index (χ1n) is 10.1. The van der Waals surface area contributed by atoms with E-state index in [-0.39, 0.29) is 23.5 Å². The lowest BCUT2D eigenvalue weighted by Crippen LogP contribution is -2.33. The molecule has 1 amide bonds. The number of amides is 1. The first-order valence-corrected chi connectivity index (χ1v) is 10.1. The number of carbonyl (C=O) groups is 1. The Kier molecular flexibility index (Phi) is 6.09. The number of carbonyl (C=O) groups excluding carboxylic acids is 1. The molecule has 0 unspecified atom stereocenters. The zero-order valence-corrected chi connectivity index (χ0v) is 17.3. The van der Waals surface area contributed by atoms with Crippen LogP contribution in [0.15, 0.2) is 24.5 Å². The molecule has 7 nitrogen and oxygen atoms in total. The molecule has 3 aromatic rings. The molecule has 0 atom stereocenters. The van der Waals surface area contributed by atoms with Crippen LogP contribution in [-0.2, 0) is 17.7 Å². The van der Waals surface area contributed by atoms with Crippen molar-refractivity contribution in [3.05, 3.63) is 53.0 Å². The molecule has 0 saturated carbocycles. The number of fused-ring (bicyclic) bond motifs is 1. The molecule has 1 saturated heterocycles. The highest BCUT2D eigenvalue weighted by Crippen LogP contribution is 2.26. The molecule has 4 heterocycles. The number of halogens is 4. The quantitative estimate of drug-likeness (QED) is 0.570. The van der Waals surface area contributed by atoms with Crippen molar-refractivity contribution in [2.24, 2.45) is 0 Å². The van der Waals surface area contributed by atoms with Crippen molar-refractivity contribution < 1.29 is 27.1 Å². The van der Waals surface area contributed by atoms with E-state index >= 15 is 0 Å². The highest BCUT2D eigenvalue weighted by atomic mass is 19.4. The van der Waals surface area contributed by atoms with Crippen LogP contribution in [0.2, 0.25) is 0 Å². The molecule has 1 fully saturated rings. The summed E-state index contributed by atoms with van der Waals surface area (Å²) in [6, 6.07) is 2.65. The molecule has 4 rings (SSSR count). The van der Waals surface area contributed by atoms with E-state index in [2.05, 4.69) is 15.1 Å². The van der Waals surface area contributed by atoms with Gasteiger partial charge in [0.1, 0.15) is 18.1 Å². The fraction of sp³-hybridized carbons (Fsp3) is 0.429. The van der Waals surface area contributed by atoms with Crippen molar-refractivity contribution in [1.82, 2.24) is 24.6 Å². The lowest BCUT2D eigenvalue weighted by Gasteiger charge is -2.19. The number of nitrogens with zero attached hydrogens (tertiary/aromatic N) is 5. The second kappa shape index (κ2) is 8.81. The Morgan fingerprint density at radius 3 is 2.69 bits per heavy atom. The Balaban J connectivity index is 1.73. The van der Waals surface area contributed by atoms with Crippen molar-refractivity contribution in [3.63, 3.8) is 0 Å². The van der Waals surface area contributed by atoms with Gasteiger partial charge in [0, 0.05) is 43.4 Å². The van der Waals surface area contributed by atoms with Crippen LogP contribution in [0.3, 0.4) is 0 Å². The molecule has 3 aromatic heterocycles. The first-order chi connectivity index (χ1) is 15.2. The van der Waals surface area contributed by atoms with Crippen molar-refractivity contribution in [2.75, 3.05) is 26.3 Å². The van der Waals surface area contributed by atoms with Gasteiger partial charge in [-0.15, -0.1) is 0 Å². The zero-order valence-electron chi connectivity index (χ0n) is 17.3. The average Bonchev–Trinajstić information content (AvgIpc) is 2.90. The molecule has 0 bridgehead atoms. The molecule has 0 spiro atoms. The molecule has 0 aromatic carbocycles. The van der Waals surface area contributed by atoms with Crippen LogP contribution in [0.5, 0.6) is 0 Å². The second-order valence-corrected chi connectivity index (χ2v) is 7.66. The maximum Gasteiger partial charge on any atom is 0.408 e. The molecule has 0 aliphatic carbocycles. The zero-order chi connectivity index (χ0) is 22.9. The van der Waals surface area contributed by atoms with E-state index in [1.165, 1.54) is 18.3 Å². The number of alkyl halides is 3. The van der Waals surface area contributed by atoms with Gasteiger partial charge < -0.3 is 9.64 Å². The number of ether oxygens (including phenoxy) is 1. The summed E-state index contributed by atoms with van der Waals surface area (Å²) in [5.74, 6) is -0.864. The second-order valence-electron chi connectivity index (χ2n) is 7.66. The summed E-state index contributed by atoms with van der Waals surface area (Å²) >= 11 is 0. The number of hydrogen-bond donors (Lipinski definition) is 0. The van der Waals surface area contributed by atoms with Gasteiger partial charge in [0.05, 0.1) is 24.0 Å². The molecule has 11 heteroatoms. The largest absolute Gasteiger partial charge is 0.408 e. The maximum atomic E-state index is 13.4. The minimum atomic E-state index is -4.50. The van der Waals surface area contributed by atoms with E-state index in [0.717, 1.165) is 10.9 Å². The van der Waals surface area contributed by atoms with Crippen LogP contribution >= 0.6 is 0 Å². The Hall–Kier alpha value is -3.08. The number of rotatable bonds is 4. The van der Waals surface area contributed by atoms with Crippen LogP contribution in [0.1, 0.15) is 33.9 Å². The summed E-state index contributed by atoms with van der Waals surface area (Å²) in [6.07, 6.45) is -1.31. The summed E-state index contributed by atoms with van der Waals surface area (Å²) in [5, 5.41) is 4.52. The minimum absolute atomic E-state index is 0.0466. The molecular formula is C21H21F4N5O2. The highest BCUT2D eigenvalue weighted by molar-refractivity contribution is 5.96. The van der Waals surface area contributed by atoms with Gasteiger partial charge in [-0.2, -0.15) is 18.3 Å². The van der Waals surface area contributed by atoms with Gasteiger partial charge in [0.2, 0.25) is 0 Å². The van der Waals surface area contributed by atoms with Gasteiger partial charge >= 0.3 is 6.18 Å². The summed E-state index contributed by atoms with van der Waals surface area (Å²) in [6.45, 7) is 2.18.